The molecule has 2 rings (SSSR count). The monoisotopic (exact) mass is 346 g/mol. The van der Waals surface area contributed by atoms with Crippen LogP contribution in [0.3, 0.4) is 0 Å². The zero-order valence-corrected chi connectivity index (χ0v) is 14.4. The van der Waals surface area contributed by atoms with E-state index >= 15 is 0 Å². The zero-order valence-electron chi connectivity index (χ0n) is 13.7. The lowest BCUT2D eigenvalue weighted by Crippen LogP contribution is -2.34. The molecule has 0 bridgehead atoms. The van der Waals surface area contributed by atoms with Crippen LogP contribution in [0.15, 0.2) is 54.6 Å². The maximum atomic E-state index is 13.1. The van der Waals surface area contributed by atoms with E-state index < -0.39 is 5.82 Å². The van der Waals surface area contributed by atoms with Gasteiger partial charge in [0.15, 0.2) is 0 Å². The molecule has 0 fully saturated rings. The Kier molecular flexibility index (Phi) is 6.53. The molecular weight excluding hydrogens is 327 g/mol. The molecule has 1 amide bonds. The van der Waals surface area contributed by atoms with Crippen LogP contribution >= 0.6 is 11.6 Å². The summed E-state index contributed by atoms with van der Waals surface area (Å²) in [6.07, 6.45) is 3.04. The van der Waals surface area contributed by atoms with Crippen molar-refractivity contribution in [2.75, 3.05) is 20.6 Å². The van der Waals surface area contributed by atoms with Crippen LogP contribution in [0.2, 0.25) is 5.02 Å². The number of likely N-dealkylation sites (N-methyl/N-ethyl adjacent to an activating group) is 1. The molecule has 0 aliphatic carbocycles. The summed E-state index contributed by atoms with van der Waals surface area (Å²) in [6.45, 7) is 0.686. The third kappa shape index (κ3) is 5.48. The van der Waals surface area contributed by atoms with Gasteiger partial charge < -0.3 is 10.2 Å². The van der Waals surface area contributed by atoms with Crippen molar-refractivity contribution in [2.24, 2.45) is 0 Å². The number of rotatable bonds is 6. The number of nitrogens with one attached hydrogen (secondary N) is 1. The molecule has 2 aromatic carbocycles. The van der Waals surface area contributed by atoms with Crippen LogP contribution in [0.4, 0.5) is 4.39 Å². The SMILES string of the molecule is CN(C)CC(NC(=O)/C=C/c1ccc(F)c(Cl)c1)c1ccccc1. The summed E-state index contributed by atoms with van der Waals surface area (Å²) >= 11 is 5.74. The van der Waals surface area contributed by atoms with Gasteiger partial charge >= 0.3 is 0 Å². The van der Waals surface area contributed by atoms with E-state index in [1.54, 1.807) is 12.1 Å². The Morgan fingerprint density at radius 1 is 1.25 bits per heavy atom. The normalized spacial score (nSPS) is 12.5. The maximum absolute atomic E-state index is 13.1. The third-order valence-electron chi connectivity index (χ3n) is 3.44. The van der Waals surface area contributed by atoms with Crippen LogP contribution in [0.5, 0.6) is 0 Å². The van der Waals surface area contributed by atoms with Crippen LogP contribution < -0.4 is 5.32 Å². The average molecular weight is 347 g/mol. The van der Waals surface area contributed by atoms with Crippen LogP contribution in [-0.2, 0) is 4.79 Å². The van der Waals surface area contributed by atoms with Gasteiger partial charge in [0.2, 0.25) is 5.91 Å². The van der Waals surface area contributed by atoms with E-state index in [4.69, 9.17) is 11.6 Å². The molecule has 1 N–H and O–H groups in total. The van der Waals surface area contributed by atoms with Crippen molar-refractivity contribution in [3.05, 3.63) is 76.6 Å². The van der Waals surface area contributed by atoms with E-state index in [0.29, 0.717) is 12.1 Å². The molecule has 0 radical (unpaired) electrons. The van der Waals surface area contributed by atoms with E-state index in [1.165, 1.54) is 18.2 Å². The smallest absolute Gasteiger partial charge is 0.244 e. The highest BCUT2D eigenvalue weighted by Gasteiger charge is 2.13. The van der Waals surface area contributed by atoms with Gasteiger partial charge in [-0.3, -0.25) is 4.79 Å². The molecule has 0 heterocycles. The van der Waals surface area contributed by atoms with Gasteiger partial charge in [-0.1, -0.05) is 48.0 Å². The van der Waals surface area contributed by atoms with Crippen molar-refractivity contribution in [3.8, 4) is 0 Å². The molecule has 1 atom stereocenters. The van der Waals surface area contributed by atoms with Crippen molar-refractivity contribution in [1.29, 1.82) is 0 Å². The lowest BCUT2D eigenvalue weighted by Gasteiger charge is -2.22. The van der Waals surface area contributed by atoms with Gasteiger partial charge in [-0.05, 0) is 43.4 Å². The summed E-state index contributed by atoms with van der Waals surface area (Å²) in [4.78, 5) is 14.2. The fourth-order valence-corrected chi connectivity index (χ4v) is 2.48. The van der Waals surface area contributed by atoms with Gasteiger partial charge in [0.25, 0.3) is 0 Å². The Morgan fingerprint density at radius 2 is 1.96 bits per heavy atom. The summed E-state index contributed by atoms with van der Waals surface area (Å²) < 4.78 is 13.1. The number of nitrogens with zero attached hydrogens (tertiary/aromatic N) is 1. The second-order valence-electron chi connectivity index (χ2n) is 5.74. The predicted octanol–water partition coefficient (Wildman–Crippen LogP) is 3.91. The minimum absolute atomic E-state index is 0.0346. The van der Waals surface area contributed by atoms with Crippen LogP contribution in [0, 0.1) is 5.82 Å². The van der Waals surface area contributed by atoms with Crippen LogP contribution in [0.25, 0.3) is 6.08 Å². The van der Waals surface area contributed by atoms with Gasteiger partial charge in [-0.2, -0.15) is 0 Å². The number of carbonyl (C=O) groups is 1. The highest BCUT2D eigenvalue weighted by atomic mass is 35.5. The fourth-order valence-electron chi connectivity index (χ4n) is 2.29. The van der Waals surface area contributed by atoms with Gasteiger partial charge in [0.05, 0.1) is 11.1 Å². The molecule has 126 valence electrons. The molecule has 0 aliphatic rings. The van der Waals surface area contributed by atoms with Gasteiger partial charge in [0.1, 0.15) is 5.82 Å². The fraction of sp³-hybridized carbons (Fsp3) is 0.211. The number of hydrogen-bond donors (Lipinski definition) is 1. The molecular formula is C19H20ClFN2O. The topological polar surface area (TPSA) is 32.3 Å². The van der Waals surface area contributed by atoms with Gasteiger partial charge in [0, 0.05) is 12.6 Å². The van der Waals surface area contributed by atoms with Crippen molar-refractivity contribution < 1.29 is 9.18 Å². The first-order valence-corrected chi connectivity index (χ1v) is 7.97. The number of carbonyl (C=O) groups excluding carboxylic acids is 1. The van der Waals surface area contributed by atoms with Gasteiger partial charge in [-0.25, -0.2) is 4.39 Å². The van der Waals surface area contributed by atoms with Crippen molar-refractivity contribution >= 4 is 23.6 Å². The molecule has 0 saturated carbocycles. The standard InChI is InChI=1S/C19H20ClFN2O/c1-23(2)13-18(15-6-4-3-5-7-15)22-19(24)11-9-14-8-10-17(21)16(20)12-14/h3-12,18H,13H2,1-2H3,(H,22,24)/b11-9+. The summed E-state index contributed by atoms with van der Waals surface area (Å²) in [7, 11) is 3.91. The van der Waals surface area contributed by atoms with E-state index in [2.05, 4.69) is 5.32 Å². The second kappa shape index (κ2) is 8.62. The second-order valence-corrected chi connectivity index (χ2v) is 6.15. The minimum Gasteiger partial charge on any atom is -0.344 e. The molecule has 0 saturated heterocycles. The number of benzene rings is 2. The van der Waals surface area contributed by atoms with Crippen molar-refractivity contribution in [1.82, 2.24) is 10.2 Å². The van der Waals surface area contributed by atoms with Gasteiger partial charge in [-0.15, -0.1) is 0 Å². The first-order valence-electron chi connectivity index (χ1n) is 7.59. The van der Waals surface area contributed by atoms with Crippen molar-refractivity contribution in [3.63, 3.8) is 0 Å². The average Bonchev–Trinajstić information content (AvgIpc) is 2.56. The third-order valence-corrected chi connectivity index (χ3v) is 3.73. The first-order chi connectivity index (χ1) is 11.5. The summed E-state index contributed by atoms with van der Waals surface area (Å²) in [5, 5.41) is 3.02. The predicted molar refractivity (Wildman–Crippen MR) is 96.3 cm³/mol. The summed E-state index contributed by atoms with van der Waals surface area (Å²) in [5.74, 6) is -0.695. The van der Waals surface area contributed by atoms with Crippen LogP contribution in [-0.4, -0.2) is 31.4 Å². The molecule has 5 heteroatoms. The summed E-state index contributed by atoms with van der Waals surface area (Å²) in [5.41, 5.74) is 1.71. The molecule has 0 aliphatic heterocycles. The minimum atomic E-state index is -0.478. The Bertz CT molecular complexity index is 717. The van der Waals surface area contributed by atoms with E-state index in [1.807, 2.05) is 49.3 Å². The lowest BCUT2D eigenvalue weighted by atomic mass is 10.1. The Morgan fingerprint density at radius 3 is 2.58 bits per heavy atom. The van der Waals surface area contributed by atoms with E-state index in [-0.39, 0.29) is 17.0 Å². The Balaban J connectivity index is 2.07. The lowest BCUT2D eigenvalue weighted by molar-refractivity contribution is -0.117. The molecule has 2 aromatic rings. The van der Waals surface area contributed by atoms with E-state index in [0.717, 1.165) is 5.56 Å². The summed E-state index contributed by atoms with van der Waals surface area (Å²) in [6, 6.07) is 14.0. The quantitative estimate of drug-likeness (QED) is 0.804. The van der Waals surface area contributed by atoms with E-state index in [9.17, 15) is 9.18 Å². The molecule has 1 unspecified atom stereocenters. The number of amides is 1. The zero-order chi connectivity index (χ0) is 17.5. The maximum Gasteiger partial charge on any atom is 0.244 e. The molecule has 0 aromatic heterocycles. The molecule has 24 heavy (non-hydrogen) atoms. The first kappa shape index (κ1) is 18.2. The highest BCUT2D eigenvalue weighted by molar-refractivity contribution is 6.30. The Hall–Kier alpha value is -2.17. The highest BCUT2D eigenvalue weighted by Crippen LogP contribution is 2.17. The molecule has 0 spiro atoms. The molecule has 3 nitrogen and oxygen atoms in total. The largest absolute Gasteiger partial charge is 0.344 e. The van der Waals surface area contributed by atoms with Crippen molar-refractivity contribution in [2.45, 2.75) is 6.04 Å². The van der Waals surface area contributed by atoms with Crippen LogP contribution in [0.1, 0.15) is 17.2 Å². The number of halogens is 2. The Labute approximate surface area is 146 Å². The number of hydrogen-bond acceptors (Lipinski definition) is 2.